The van der Waals surface area contributed by atoms with E-state index in [-0.39, 0.29) is 24.0 Å². The molecule has 0 aromatic carbocycles. The number of hydrogen-bond donors (Lipinski definition) is 2. The molecule has 6 nitrogen and oxygen atoms in total. The highest BCUT2D eigenvalue weighted by Crippen LogP contribution is 2.21. The number of likely N-dealkylation sites (tertiary alicyclic amines) is 1. The Hall–Kier alpha value is -1.30. The van der Waals surface area contributed by atoms with E-state index in [4.69, 9.17) is 4.74 Å². The van der Waals surface area contributed by atoms with Crippen molar-refractivity contribution in [3.63, 3.8) is 0 Å². The van der Waals surface area contributed by atoms with E-state index in [1.165, 1.54) is 0 Å². The van der Waals surface area contributed by atoms with Crippen LogP contribution in [0.2, 0.25) is 0 Å². The van der Waals surface area contributed by atoms with Crippen LogP contribution in [-0.2, 0) is 9.53 Å². The predicted octanol–water partition coefficient (Wildman–Crippen LogP) is 1.50. The van der Waals surface area contributed by atoms with Gasteiger partial charge >= 0.3 is 6.03 Å². The molecule has 0 aromatic rings. The van der Waals surface area contributed by atoms with Gasteiger partial charge in [0.1, 0.15) is 0 Å². The highest BCUT2D eigenvalue weighted by atomic mass is 16.5. The Labute approximate surface area is 132 Å². The minimum atomic E-state index is 0.0344. The molecule has 22 heavy (non-hydrogen) atoms. The summed E-state index contributed by atoms with van der Waals surface area (Å²) in [4.78, 5) is 25.8. The fourth-order valence-electron chi connectivity index (χ4n) is 2.59. The second-order valence-corrected chi connectivity index (χ2v) is 6.55. The van der Waals surface area contributed by atoms with E-state index in [2.05, 4.69) is 10.6 Å². The minimum Gasteiger partial charge on any atom is -0.379 e. The first-order valence-corrected chi connectivity index (χ1v) is 8.51. The summed E-state index contributed by atoms with van der Waals surface area (Å²) in [5, 5.41) is 5.97. The first kappa shape index (κ1) is 17.1. The van der Waals surface area contributed by atoms with Gasteiger partial charge in [-0.1, -0.05) is 0 Å². The maximum atomic E-state index is 12.1. The largest absolute Gasteiger partial charge is 0.379 e. The van der Waals surface area contributed by atoms with Crippen LogP contribution < -0.4 is 10.6 Å². The fraction of sp³-hybridized carbons (Fsp3) is 0.875. The van der Waals surface area contributed by atoms with Crippen molar-refractivity contribution in [1.29, 1.82) is 0 Å². The molecule has 1 heterocycles. The summed E-state index contributed by atoms with van der Waals surface area (Å²) in [6, 6.07) is 0.425. The number of ether oxygens (including phenoxy) is 1. The standard InChI is InChI=1S/C16H29N3O3/c1-12(2)22-11-3-8-17-15(20)13-6-9-19(10-7-13)16(21)18-14-4-5-14/h12-14H,3-11H2,1-2H3,(H,17,20)(H,18,21). The maximum Gasteiger partial charge on any atom is 0.317 e. The Balaban J connectivity index is 1.57. The van der Waals surface area contributed by atoms with Gasteiger partial charge < -0.3 is 20.3 Å². The van der Waals surface area contributed by atoms with Crippen molar-refractivity contribution in [3.05, 3.63) is 0 Å². The monoisotopic (exact) mass is 311 g/mol. The van der Waals surface area contributed by atoms with Crippen molar-refractivity contribution in [1.82, 2.24) is 15.5 Å². The second kappa shape index (κ2) is 8.36. The summed E-state index contributed by atoms with van der Waals surface area (Å²) in [7, 11) is 0. The molecule has 3 amide bonds. The number of urea groups is 1. The third-order valence-electron chi connectivity index (χ3n) is 4.13. The van der Waals surface area contributed by atoms with Gasteiger partial charge in [0.15, 0.2) is 0 Å². The molecule has 0 radical (unpaired) electrons. The lowest BCUT2D eigenvalue weighted by Gasteiger charge is -2.31. The van der Waals surface area contributed by atoms with E-state index in [0.29, 0.717) is 32.3 Å². The Kier molecular flexibility index (Phi) is 6.49. The van der Waals surface area contributed by atoms with E-state index in [0.717, 1.165) is 32.1 Å². The zero-order chi connectivity index (χ0) is 15.9. The lowest BCUT2D eigenvalue weighted by molar-refractivity contribution is -0.126. The molecule has 2 N–H and O–H groups in total. The van der Waals surface area contributed by atoms with Crippen LogP contribution in [0.3, 0.4) is 0 Å². The predicted molar refractivity (Wildman–Crippen MR) is 84.6 cm³/mol. The summed E-state index contributed by atoms with van der Waals surface area (Å²) in [6.45, 7) is 6.70. The summed E-state index contributed by atoms with van der Waals surface area (Å²) in [5.74, 6) is 0.155. The van der Waals surface area contributed by atoms with Crippen molar-refractivity contribution < 1.29 is 14.3 Å². The first-order chi connectivity index (χ1) is 10.6. The van der Waals surface area contributed by atoms with Crippen LogP contribution in [0.15, 0.2) is 0 Å². The van der Waals surface area contributed by atoms with Crippen molar-refractivity contribution in [2.45, 2.75) is 58.1 Å². The fourth-order valence-corrected chi connectivity index (χ4v) is 2.59. The van der Waals surface area contributed by atoms with Crippen LogP contribution in [-0.4, -0.2) is 55.2 Å². The number of nitrogens with one attached hydrogen (secondary N) is 2. The lowest BCUT2D eigenvalue weighted by Crippen LogP contribution is -2.47. The summed E-state index contributed by atoms with van der Waals surface area (Å²) in [5.41, 5.74) is 0. The first-order valence-electron chi connectivity index (χ1n) is 8.51. The average molecular weight is 311 g/mol. The van der Waals surface area contributed by atoms with Gasteiger partial charge in [0.05, 0.1) is 6.10 Å². The van der Waals surface area contributed by atoms with Gasteiger partial charge in [-0.05, 0) is 46.0 Å². The Bertz CT molecular complexity index is 375. The highest BCUT2D eigenvalue weighted by Gasteiger charge is 2.30. The zero-order valence-electron chi connectivity index (χ0n) is 13.8. The molecule has 1 aliphatic carbocycles. The lowest BCUT2D eigenvalue weighted by atomic mass is 9.96. The summed E-state index contributed by atoms with van der Waals surface area (Å²) < 4.78 is 5.44. The van der Waals surface area contributed by atoms with Crippen LogP contribution in [0.1, 0.15) is 46.0 Å². The molecule has 126 valence electrons. The minimum absolute atomic E-state index is 0.0344. The number of rotatable bonds is 7. The number of piperidine rings is 1. The van der Waals surface area contributed by atoms with E-state index in [9.17, 15) is 9.59 Å². The molecule has 2 rings (SSSR count). The van der Waals surface area contributed by atoms with Crippen LogP contribution in [0.4, 0.5) is 4.79 Å². The smallest absolute Gasteiger partial charge is 0.317 e. The maximum absolute atomic E-state index is 12.1. The van der Waals surface area contributed by atoms with Gasteiger partial charge in [-0.3, -0.25) is 4.79 Å². The van der Waals surface area contributed by atoms with E-state index < -0.39 is 0 Å². The SMILES string of the molecule is CC(C)OCCCNC(=O)C1CCN(C(=O)NC2CC2)CC1. The topological polar surface area (TPSA) is 70.7 Å². The quantitative estimate of drug-likeness (QED) is 0.700. The Morgan fingerprint density at radius 3 is 2.45 bits per heavy atom. The van der Waals surface area contributed by atoms with Crippen LogP contribution in [0.25, 0.3) is 0 Å². The molecule has 0 bridgehead atoms. The molecule has 0 aromatic heterocycles. The van der Waals surface area contributed by atoms with E-state index in [1.807, 2.05) is 18.7 Å². The van der Waals surface area contributed by atoms with Crippen molar-refractivity contribution in [3.8, 4) is 0 Å². The molecule has 1 saturated heterocycles. The number of hydrogen-bond acceptors (Lipinski definition) is 3. The Morgan fingerprint density at radius 1 is 1.18 bits per heavy atom. The molecular formula is C16H29N3O3. The van der Waals surface area contributed by atoms with E-state index >= 15 is 0 Å². The van der Waals surface area contributed by atoms with Crippen LogP contribution in [0.5, 0.6) is 0 Å². The molecule has 0 atom stereocenters. The third kappa shape index (κ3) is 5.83. The average Bonchev–Trinajstić information content (AvgIpc) is 3.30. The third-order valence-corrected chi connectivity index (χ3v) is 4.13. The zero-order valence-corrected chi connectivity index (χ0v) is 13.8. The van der Waals surface area contributed by atoms with Gasteiger partial charge in [0, 0.05) is 38.2 Å². The van der Waals surface area contributed by atoms with Gasteiger partial charge in [-0.15, -0.1) is 0 Å². The molecule has 2 fully saturated rings. The van der Waals surface area contributed by atoms with E-state index in [1.54, 1.807) is 0 Å². The second-order valence-electron chi connectivity index (χ2n) is 6.55. The molecule has 1 aliphatic heterocycles. The molecule has 0 unspecified atom stereocenters. The number of amides is 3. The highest BCUT2D eigenvalue weighted by molar-refractivity contribution is 5.79. The molecule has 2 aliphatic rings. The normalized spacial score (nSPS) is 19.3. The number of nitrogens with zero attached hydrogens (tertiary/aromatic N) is 1. The van der Waals surface area contributed by atoms with Gasteiger partial charge in [0.25, 0.3) is 0 Å². The molecule has 6 heteroatoms. The molecular weight excluding hydrogens is 282 g/mol. The summed E-state index contributed by atoms with van der Waals surface area (Å²) >= 11 is 0. The molecule has 1 saturated carbocycles. The number of carbonyl (C=O) groups is 2. The molecule has 0 spiro atoms. The Morgan fingerprint density at radius 2 is 1.86 bits per heavy atom. The van der Waals surface area contributed by atoms with Crippen molar-refractivity contribution in [2.24, 2.45) is 5.92 Å². The van der Waals surface area contributed by atoms with Crippen LogP contribution >= 0.6 is 0 Å². The number of carbonyl (C=O) groups excluding carboxylic acids is 2. The summed E-state index contributed by atoms with van der Waals surface area (Å²) in [6.07, 6.45) is 4.79. The van der Waals surface area contributed by atoms with Crippen LogP contribution in [0, 0.1) is 5.92 Å². The van der Waals surface area contributed by atoms with Crippen molar-refractivity contribution >= 4 is 11.9 Å². The van der Waals surface area contributed by atoms with Crippen molar-refractivity contribution in [2.75, 3.05) is 26.2 Å². The van der Waals surface area contributed by atoms with Gasteiger partial charge in [-0.2, -0.15) is 0 Å². The van der Waals surface area contributed by atoms with Gasteiger partial charge in [-0.25, -0.2) is 4.79 Å². The van der Waals surface area contributed by atoms with Gasteiger partial charge in [0.2, 0.25) is 5.91 Å².